The van der Waals surface area contributed by atoms with Gasteiger partial charge in [0.1, 0.15) is 6.54 Å². The number of nitrogens with one attached hydrogen (secondary N) is 1. The van der Waals surface area contributed by atoms with E-state index in [-0.39, 0.29) is 22.1 Å². The van der Waals surface area contributed by atoms with Crippen LogP contribution in [0.15, 0.2) is 53.4 Å². The number of carbonyl (C=O) groups excluding carboxylic acids is 1. The molecule has 0 atom stereocenters. The zero-order valence-electron chi connectivity index (χ0n) is 17.7. The summed E-state index contributed by atoms with van der Waals surface area (Å²) >= 11 is 1.75. The summed E-state index contributed by atoms with van der Waals surface area (Å²) < 4.78 is 27.9. The van der Waals surface area contributed by atoms with Gasteiger partial charge in [-0.1, -0.05) is 45.0 Å². The van der Waals surface area contributed by atoms with E-state index in [0.29, 0.717) is 12.2 Å². The molecule has 0 fully saturated rings. The number of aryl methyl sites for hydroxylation is 2. The second-order valence-corrected chi connectivity index (χ2v) is 11.8. The summed E-state index contributed by atoms with van der Waals surface area (Å²) in [6.45, 7) is 10.4. The van der Waals surface area contributed by atoms with E-state index in [2.05, 4.69) is 26.1 Å². The van der Waals surface area contributed by atoms with Crippen molar-refractivity contribution >= 4 is 33.4 Å². The summed E-state index contributed by atoms with van der Waals surface area (Å²) in [6, 6.07) is 13.8. The molecule has 0 radical (unpaired) electrons. The first-order valence-electron chi connectivity index (χ1n) is 9.56. The van der Waals surface area contributed by atoms with Crippen LogP contribution < -0.4 is 9.62 Å². The minimum atomic E-state index is -3.87. The minimum absolute atomic E-state index is 0.118. The maximum absolute atomic E-state index is 13.3. The molecule has 0 aliphatic heterocycles. The van der Waals surface area contributed by atoms with Gasteiger partial charge in [-0.3, -0.25) is 9.10 Å². The summed E-state index contributed by atoms with van der Waals surface area (Å²) in [7, 11) is -3.87. The zero-order chi connectivity index (χ0) is 21.7. The Bertz CT molecular complexity index is 916. The zero-order valence-corrected chi connectivity index (χ0v) is 19.4. The van der Waals surface area contributed by atoms with Gasteiger partial charge in [-0.25, -0.2) is 8.42 Å². The van der Waals surface area contributed by atoms with E-state index in [4.69, 9.17) is 0 Å². The third-order valence-electron chi connectivity index (χ3n) is 4.07. The SMILES string of the molecule is Cc1cc(C)cc(N(CC(=O)NCCSC(C)(C)C)S(=O)(=O)c2ccccc2)c1. The molecule has 7 heteroatoms. The van der Waals surface area contributed by atoms with Crippen LogP contribution in [0.4, 0.5) is 5.69 Å². The van der Waals surface area contributed by atoms with Crippen molar-refractivity contribution in [2.45, 2.75) is 44.3 Å². The summed E-state index contributed by atoms with van der Waals surface area (Å²) in [4.78, 5) is 12.7. The van der Waals surface area contributed by atoms with Gasteiger partial charge in [0.2, 0.25) is 5.91 Å². The Labute approximate surface area is 178 Å². The van der Waals surface area contributed by atoms with Crippen LogP contribution in [-0.4, -0.2) is 37.9 Å². The van der Waals surface area contributed by atoms with E-state index in [1.54, 1.807) is 54.2 Å². The molecule has 2 aromatic rings. The first kappa shape index (κ1) is 23.3. The van der Waals surface area contributed by atoms with Crippen LogP contribution >= 0.6 is 11.8 Å². The lowest BCUT2D eigenvalue weighted by atomic mass is 10.1. The Morgan fingerprint density at radius 3 is 2.17 bits per heavy atom. The van der Waals surface area contributed by atoms with Gasteiger partial charge in [-0.2, -0.15) is 11.8 Å². The van der Waals surface area contributed by atoms with E-state index < -0.39 is 10.0 Å². The van der Waals surface area contributed by atoms with Gasteiger partial charge in [0.25, 0.3) is 10.0 Å². The van der Waals surface area contributed by atoms with Gasteiger partial charge in [0, 0.05) is 17.0 Å². The molecule has 29 heavy (non-hydrogen) atoms. The number of carbonyl (C=O) groups is 1. The predicted molar refractivity (Wildman–Crippen MR) is 122 cm³/mol. The monoisotopic (exact) mass is 434 g/mol. The lowest BCUT2D eigenvalue weighted by Crippen LogP contribution is -2.41. The highest BCUT2D eigenvalue weighted by molar-refractivity contribution is 8.00. The summed E-state index contributed by atoms with van der Waals surface area (Å²) in [5, 5.41) is 2.84. The molecule has 0 aromatic heterocycles. The second-order valence-electron chi connectivity index (χ2n) is 7.98. The molecule has 0 heterocycles. The van der Waals surface area contributed by atoms with Crippen molar-refractivity contribution in [3.05, 3.63) is 59.7 Å². The van der Waals surface area contributed by atoms with Gasteiger partial charge in [0.05, 0.1) is 10.6 Å². The summed E-state index contributed by atoms with van der Waals surface area (Å²) in [5.74, 6) is 0.447. The molecule has 0 saturated heterocycles. The van der Waals surface area contributed by atoms with Gasteiger partial charge in [0.15, 0.2) is 0 Å². The number of thioether (sulfide) groups is 1. The van der Waals surface area contributed by atoms with E-state index >= 15 is 0 Å². The average Bonchev–Trinajstić information content (AvgIpc) is 2.62. The molecule has 2 rings (SSSR count). The van der Waals surface area contributed by atoms with Crippen LogP contribution in [0, 0.1) is 13.8 Å². The Kier molecular flexibility index (Phi) is 7.77. The quantitative estimate of drug-likeness (QED) is 0.634. The van der Waals surface area contributed by atoms with Gasteiger partial charge in [-0.15, -0.1) is 0 Å². The largest absolute Gasteiger partial charge is 0.354 e. The molecular weight excluding hydrogens is 404 g/mol. The maximum Gasteiger partial charge on any atom is 0.264 e. The van der Waals surface area contributed by atoms with Crippen LogP contribution in [0.5, 0.6) is 0 Å². The maximum atomic E-state index is 13.3. The normalized spacial score (nSPS) is 11.9. The molecule has 0 spiro atoms. The van der Waals surface area contributed by atoms with Crippen molar-refractivity contribution in [1.29, 1.82) is 0 Å². The molecule has 1 N–H and O–H groups in total. The Balaban J connectivity index is 2.25. The lowest BCUT2D eigenvalue weighted by molar-refractivity contribution is -0.119. The lowest BCUT2D eigenvalue weighted by Gasteiger charge is -2.25. The fourth-order valence-corrected chi connectivity index (χ4v) is 5.11. The first-order chi connectivity index (χ1) is 13.5. The average molecular weight is 435 g/mol. The van der Waals surface area contributed by atoms with Gasteiger partial charge < -0.3 is 5.32 Å². The molecule has 5 nitrogen and oxygen atoms in total. The van der Waals surface area contributed by atoms with Crippen molar-refractivity contribution in [3.63, 3.8) is 0 Å². The predicted octanol–water partition coefficient (Wildman–Crippen LogP) is 4.15. The van der Waals surface area contributed by atoms with Crippen LogP contribution in [-0.2, 0) is 14.8 Å². The van der Waals surface area contributed by atoms with Crippen molar-refractivity contribution in [2.24, 2.45) is 0 Å². The highest BCUT2D eigenvalue weighted by Crippen LogP contribution is 2.26. The Morgan fingerprint density at radius 1 is 1.03 bits per heavy atom. The van der Waals surface area contributed by atoms with Gasteiger partial charge >= 0.3 is 0 Å². The van der Waals surface area contributed by atoms with E-state index in [1.165, 1.54) is 4.31 Å². The highest BCUT2D eigenvalue weighted by Gasteiger charge is 2.27. The summed E-state index contributed by atoms with van der Waals surface area (Å²) in [5.41, 5.74) is 2.37. The van der Waals surface area contributed by atoms with Crippen LogP contribution in [0.2, 0.25) is 0 Å². The van der Waals surface area contributed by atoms with Crippen LogP contribution in [0.1, 0.15) is 31.9 Å². The van der Waals surface area contributed by atoms with Crippen molar-refractivity contribution < 1.29 is 13.2 Å². The van der Waals surface area contributed by atoms with E-state index in [1.807, 2.05) is 19.9 Å². The highest BCUT2D eigenvalue weighted by atomic mass is 32.2. The second kappa shape index (κ2) is 9.67. The summed E-state index contributed by atoms with van der Waals surface area (Å²) in [6.07, 6.45) is 0. The van der Waals surface area contributed by atoms with Gasteiger partial charge in [-0.05, 0) is 49.2 Å². The van der Waals surface area contributed by atoms with E-state index in [9.17, 15) is 13.2 Å². The van der Waals surface area contributed by atoms with Crippen molar-refractivity contribution in [3.8, 4) is 0 Å². The number of benzene rings is 2. The molecule has 2 aromatic carbocycles. The van der Waals surface area contributed by atoms with E-state index in [0.717, 1.165) is 16.9 Å². The minimum Gasteiger partial charge on any atom is -0.354 e. The molecular formula is C22H30N2O3S2. The smallest absolute Gasteiger partial charge is 0.264 e. The number of rotatable bonds is 8. The third-order valence-corrected chi connectivity index (χ3v) is 7.13. The number of hydrogen-bond donors (Lipinski definition) is 1. The fraction of sp³-hybridized carbons (Fsp3) is 0.409. The van der Waals surface area contributed by atoms with Crippen molar-refractivity contribution in [1.82, 2.24) is 5.32 Å². The van der Waals surface area contributed by atoms with Crippen molar-refractivity contribution in [2.75, 3.05) is 23.1 Å². The number of hydrogen-bond acceptors (Lipinski definition) is 4. The first-order valence-corrected chi connectivity index (χ1v) is 12.0. The standard InChI is InChI=1S/C22H30N2O3S2/c1-17-13-18(2)15-19(14-17)24(29(26,27)20-9-7-6-8-10-20)16-21(25)23-11-12-28-22(3,4)5/h6-10,13-15H,11-12,16H2,1-5H3,(H,23,25). The molecule has 0 unspecified atom stereocenters. The topological polar surface area (TPSA) is 66.5 Å². The van der Waals surface area contributed by atoms with Crippen LogP contribution in [0.3, 0.4) is 0 Å². The fourth-order valence-electron chi connectivity index (χ4n) is 2.86. The molecule has 0 saturated carbocycles. The van der Waals surface area contributed by atoms with Crippen LogP contribution in [0.25, 0.3) is 0 Å². The molecule has 158 valence electrons. The number of sulfonamides is 1. The Hall–Kier alpha value is -1.99. The number of nitrogens with zero attached hydrogens (tertiary/aromatic N) is 1. The molecule has 1 amide bonds. The Morgan fingerprint density at radius 2 is 1.62 bits per heavy atom. The number of amides is 1. The molecule has 0 aliphatic rings. The number of anilines is 1. The third kappa shape index (κ3) is 7.08. The molecule has 0 aliphatic carbocycles. The molecule has 0 bridgehead atoms.